The molecule has 2 aliphatic heterocycles. The van der Waals surface area contributed by atoms with Gasteiger partial charge in [-0.1, -0.05) is 0 Å². The third-order valence-electron chi connectivity index (χ3n) is 4.14. The second-order valence-corrected chi connectivity index (χ2v) is 6.20. The Balaban J connectivity index is 1.97. The number of rotatable bonds is 5. The summed E-state index contributed by atoms with van der Waals surface area (Å²) in [5.74, 6) is 0. The molecule has 5 nitrogen and oxygen atoms in total. The number of ether oxygens (including phenoxy) is 1. The van der Waals surface area contributed by atoms with E-state index in [-0.39, 0.29) is 18.1 Å². The topological polar surface area (TPSA) is 56.2 Å². The lowest BCUT2D eigenvalue weighted by Crippen LogP contribution is -2.46. The smallest absolute Gasteiger partial charge is 0.0682 e. The van der Waals surface area contributed by atoms with Gasteiger partial charge in [-0.25, -0.2) is 0 Å². The fourth-order valence-corrected chi connectivity index (χ4v) is 3.14. The van der Waals surface area contributed by atoms with E-state index < -0.39 is 0 Å². The predicted molar refractivity (Wildman–Crippen MR) is 69.5 cm³/mol. The lowest BCUT2D eigenvalue weighted by molar-refractivity contribution is 0.0461. The van der Waals surface area contributed by atoms with Crippen molar-refractivity contribution in [2.24, 2.45) is 5.41 Å². The number of nitrogens with zero attached hydrogens (tertiary/aromatic N) is 2. The summed E-state index contributed by atoms with van der Waals surface area (Å²) in [7, 11) is 4.12. The minimum Gasteiger partial charge on any atom is -0.396 e. The molecule has 0 aromatic rings. The molecule has 2 saturated heterocycles. The molecular weight excluding hydrogens is 232 g/mol. The summed E-state index contributed by atoms with van der Waals surface area (Å²) < 4.78 is 5.45. The van der Waals surface area contributed by atoms with Crippen LogP contribution in [0.1, 0.15) is 12.8 Å². The summed E-state index contributed by atoms with van der Waals surface area (Å²) in [5.41, 5.74) is -0.116. The number of hydrogen-bond donors (Lipinski definition) is 2. The van der Waals surface area contributed by atoms with Crippen LogP contribution in [-0.2, 0) is 4.74 Å². The van der Waals surface area contributed by atoms with Gasteiger partial charge < -0.3 is 19.8 Å². The highest BCUT2D eigenvalue weighted by Gasteiger charge is 2.40. The van der Waals surface area contributed by atoms with E-state index in [9.17, 15) is 10.2 Å². The Bertz CT molecular complexity index is 267. The van der Waals surface area contributed by atoms with Crippen molar-refractivity contribution in [3.05, 3.63) is 0 Å². The summed E-state index contributed by atoms with van der Waals surface area (Å²) in [6, 6.07) is 0.388. The molecule has 106 valence electrons. The van der Waals surface area contributed by atoms with Gasteiger partial charge in [0, 0.05) is 37.7 Å². The number of likely N-dealkylation sites (tertiary alicyclic amines) is 1. The first-order valence-corrected chi connectivity index (χ1v) is 6.80. The second-order valence-electron chi connectivity index (χ2n) is 6.20. The summed E-state index contributed by atoms with van der Waals surface area (Å²) in [4.78, 5) is 4.49. The molecule has 18 heavy (non-hydrogen) atoms. The standard InChI is InChI=1S/C13H26N2O3/c1-14(2)6-11-5-12(17)7-15(11)8-13(9-16)3-4-18-10-13/h11-12,16-17H,3-10H2,1-2H3. The Morgan fingerprint density at radius 2 is 2.22 bits per heavy atom. The summed E-state index contributed by atoms with van der Waals surface area (Å²) in [5, 5.41) is 19.5. The zero-order valence-electron chi connectivity index (χ0n) is 11.5. The molecule has 2 aliphatic rings. The Morgan fingerprint density at radius 3 is 2.78 bits per heavy atom. The number of hydrogen-bond acceptors (Lipinski definition) is 5. The van der Waals surface area contributed by atoms with E-state index in [1.54, 1.807) is 0 Å². The molecule has 0 saturated carbocycles. The molecule has 0 spiro atoms. The Hall–Kier alpha value is -0.200. The molecule has 0 aromatic carbocycles. The third-order valence-corrected chi connectivity index (χ3v) is 4.14. The van der Waals surface area contributed by atoms with Crippen LogP contribution in [0, 0.1) is 5.41 Å². The van der Waals surface area contributed by atoms with Gasteiger partial charge in [-0.2, -0.15) is 0 Å². The Labute approximate surface area is 109 Å². The lowest BCUT2D eigenvalue weighted by Gasteiger charge is -2.34. The first kappa shape index (κ1) is 14.2. The number of aliphatic hydroxyl groups excluding tert-OH is 2. The first-order chi connectivity index (χ1) is 8.54. The monoisotopic (exact) mass is 258 g/mol. The molecular formula is C13H26N2O3. The number of likely N-dealkylation sites (N-methyl/N-ethyl adjacent to an activating group) is 1. The average molecular weight is 258 g/mol. The van der Waals surface area contributed by atoms with E-state index in [0.717, 1.165) is 39.1 Å². The van der Waals surface area contributed by atoms with Gasteiger partial charge in [-0.3, -0.25) is 4.90 Å². The molecule has 5 heteroatoms. The minimum atomic E-state index is -0.229. The van der Waals surface area contributed by atoms with E-state index in [1.807, 2.05) is 0 Å². The van der Waals surface area contributed by atoms with Gasteiger partial charge in [0.05, 0.1) is 19.3 Å². The maximum absolute atomic E-state index is 9.86. The summed E-state index contributed by atoms with van der Waals surface area (Å²) in [6.45, 7) is 4.08. The van der Waals surface area contributed by atoms with Crippen LogP contribution in [0.25, 0.3) is 0 Å². The molecule has 0 aromatic heterocycles. The van der Waals surface area contributed by atoms with Crippen LogP contribution < -0.4 is 0 Å². The van der Waals surface area contributed by atoms with Gasteiger partial charge in [0.2, 0.25) is 0 Å². The van der Waals surface area contributed by atoms with Gasteiger partial charge in [0.1, 0.15) is 0 Å². The van der Waals surface area contributed by atoms with Gasteiger partial charge in [-0.15, -0.1) is 0 Å². The minimum absolute atomic E-state index is 0.116. The number of aliphatic hydroxyl groups is 2. The highest BCUT2D eigenvalue weighted by molar-refractivity contribution is 4.93. The molecule has 0 bridgehead atoms. The van der Waals surface area contributed by atoms with E-state index in [4.69, 9.17) is 4.74 Å². The van der Waals surface area contributed by atoms with Crippen molar-refractivity contribution in [1.29, 1.82) is 0 Å². The first-order valence-electron chi connectivity index (χ1n) is 6.80. The zero-order chi connectivity index (χ0) is 13.2. The van der Waals surface area contributed by atoms with E-state index in [1.165, 1.54) is 0 Å². The van der Waals surface area contributed by atoms with Gasteiger partial charge in [0.15, 0.2) is 0 Å². The summed E-state index contributed by atoms with van der Waals surface area (Å²) >= 11 is 0. The molecule has 0 amide bonds. The maximum atomic E-state index is 9.86. The zero-order valence-corrected chi connectivity index (χ0v) is 11.5. The van der Waals surface area contributed by atoms with Crippen molar-refractivity contribution in [2.75, 3.05) is 53.6 Å². The van der Waals surface area contributed by atoms with Crippen LogP contribution in [0.4, 0.5) is 0 Å². The molecule has 2 fully saturated rings. The van der Waals surface area contributed by atoms with Gasteiger partial charge in [-0.05, 0) is 26.9 Å². The molecule has 0 aliphatic carbocycles. The Kier molecular flexibility index (Phi) is 4.61. The van der Waals surface area contributed by atoms with Crippen molar-refractivity contribution in [2.45, 2.75) is 25.0 Å². The van der Waals surface area contributed by atoms with Crippen molar-refractivity contribution in [3.8, 4) is 0 Å². The van der Waals surface area contributed by atoms with E-state index in [2.05, 4.69) is 23.9 Å². The summed E-state index contributed by atoms with van der Waals surface area (Å²) in [6.07, 6.45) is 1.53. The quantitative estimate of drug-likeness (QED) is 0.688. The van der Waals surface area contributed by atoms with Gasteiger partial charge >= 0.3 is 0 Å². The van der Waals surface area contributed by atoms with Crippen molar-refractivity contribution < 1.29 is 14.9 Å². The van der Waals surface area contributed by atoms with Crippen LogP contribution in [0.3, 0.4) is 0 Å². The van der Waals surface area contributed by atoms with E-state index >= 15 is 0 Å². The molecule has 0 radical (unpaired) electrons. The average Bonchev–Trinajstić information content (AvgIpc) is 2.87. The van der Waals surface area contributed by atoms with Crippen molar-refractivity contribution in [1.82, 2.24) is 9.80 Å². The van der Waals surface area contributed by atoms with E-state index in [0.29, 0.717) is 12.6 Å². The fourth-order valence-electron chi connectivity index (χ4n) is 3.14. The second kappa shape index (κ2) is 5.84. The largest absolute Gasteiger partial charge is 0.396 e. The lowest BCUT2D eigenvalue weighted by atomic mass is 9.87. The molecule has 3 unspecified atom stereocenters. The maximum Gasteiger partial charge on any atom is 0.0682 e. The Morgan fingerprint density at radius 1 is 1.44 bits per heavy atom. The predicted octanol–water partition coefficient (Wildman–Crippen LogP) is -0.618. The molecule has 2 heterocycles. The highest BCUT2D eigenvalue weighted by atomic mass is 16.5. The highest BCUT2D eigenvalue weighted by Crippen LogP contribution is 2.32. The fraction of sp³-hybridized carbons (Fsp3) is 1.00. The molecule has 3 atom stereocenters. The van der Waals surface area contributed by atoms with Crippen LogP contribution in [-0.4, -0.2) is 85.7 Å². The molecule has 2 rings (SSSR count). The van der Waals surface area contributed by atoms with Crippen LogP contribution in [0.2, 0.25) is 0 Å². The van der Waals surface area contributed by atoms with Gasteiger partial charge in [0.25, 0.3) is 0 Å². The number of β-amino-alcohol motifs (C(OH)–C–C–N with tert-alkyl or cyclic N) is 1. The van der Waals surface area contributed by atoms with Crippen molar-refractivity contribution >= 4 is 0 Å². The molecule has 2 N–H and O–H groups in total. The normalized spacial score (nSPS) is 37.8. The third kappa shape index (κ3) is 3.22. The van der Waals surface area contributed by atoms with Crippen LogP contribution in [0.15, 0.2) is 0 Å². The SMILES string of the molecule is CN(C)CC1CC(O)CN1CC1(CO)CCOC1. The van der Waals surface area contributed by atoms with Crippen LogP contribution in [0.5, 0.6) is 0 Å². The van der Waals surface area contributed by atoms with Crippen LogP contribution >= 0.6 is 0 Å². The van der Waals surface area contributed by atoms with Crippen molar-refractivity contribution in [3.63, 3.8) is 0 Å².